The van der Waals surface area contributed by atoms with Crippen LogP contribution in [0, 0.1) is 12.8 Å². The average molecular weight is 395 g/mol. The van der Waals surface area contributed by atoms with Crippen molar-refractivity contribution in [3.8, 4) is 0 Å². The van der Waals surface area contributed by atoms with Crippen molar-refractivity contribution in [3.63, 3.8) is 0 Å². The Morgan fingerprint density at radius 2 is 1.93 bits per heavy atom. The minimum absolute atomic E-state index is 0.0873. The highest BCUT2D eigenvalue weighted by Crippen LogP contribution is 2.20. The van der Waals surface area contributed by atoms with Gasteiger partial charge in [0, 0.05) is 50.2 Å². The molecule has 6 nitrogen and oxygen atoms in total. The van der Waals surface area contributed by atoms with E-state index in [1.807, 2.05) is 24.5 Å². The third-order valence-electron chi connectivity index (χ3n) is 5.90. The Bertz CT molecular complexity index is 806. The third kappa shape index (κ3) is 5.34. The molecule has 6 heteroatoms. The van der Waals surface area contributed by atoms with Gasteiger partial charge in [-0.1, -0.05) is 12.1 Å². The monoisotopic (exact) mass is 394 g/mol. The van der Waals surface area contributed by atoms with Crippen LogP contribution in [0.4, 0.5) is 5.69 Å². The summed E-state index contributed by atoms with van der Waals surface area (Å²) in [6, 6.07) is 12.8. The van der Waals surface area contributed by atoms with E-state index in [1.165, 1.54) is 16.8 Å². The SMILES string of the molecule is Cc1cccc(N2CCN(CC(=O)N[C@@H]3COC[C@H]3Cc3ccncc3)CC2)c1. The van der Waals surface area contributed by atoms with Gasteiger partial charge in [-0.25, -0.2) is 0 Å². The van der Waals surface area contributed by atoms with Gasteiger partial charge in [-0.15, -0.1) is 0 Å². The fourth-order valence-electron chi connectivity index (χ4n) is 4.23. The van der Waals surface area contributed by atoms with E-state index < -0.39 is 0 Å². The largest absolute Gasteiger partial charge is 0.379 e. The molecule has 2 atom stereocenters. The highest BCUT2D eigenvalue weighted by Gasteiger charge is 2.30. The molecule has 2 fully saturated rings. The number of hydrogen-bond donors (Lipinski definition) is 1. The second kappa shape index (κ2) is 9.37. The maximum absolute atomic E-state index is 12.6. The summed E-state index contributed by atoms with van der Waals surface area (Å²) in [4.78, 5) is 21.3. The van der Waals surface area contributed by atoms with Crippen LogP contribution in [0.15, 0.2) is 48.8 Å². The van der Waals surface area contributed by atoms with Crippen LogP contribution in [0.2, 0.25) is 0 Å². The second-order valence-electron chi connectivity index (χ2n) is 8.13. The molecule has 0 bridgehead atoms. The summed E-state index contributed by atoms with van der Waals surface area (Å²) < 4.78 is 5.65. The van der Waals surface area contributed by atoms with E-state index >= 15 is 0 Å². The minimum atomic E-state index is 0.0873. The molecule has 0 spiro atoms. The van der Waals surface area contributed by atoms with Crippen LogP contribution in [-0.2, 0) is 16.0 Å². The number of pyridine rings is 1. The number of aromatic nitrogens is 1. The molecule has 2 aromatic rings. The number of piperazine rings is 1. The standard InChI is InChI=1S/C23H30N4O2/c1-18-3-2-4-21(13-18)27-11-9-26(10-12-27)15-23(28)25-22-17-29-16-20(22)14-19-5-7-24-8-6-19/h2-8,13,20,22H,9-12,14-17H2,1H3,(H,25,28)/t20-,22-/m1/s1. The second-order valence-corrected chi connectivity index (χ2v) is 8.13. The summed E-state index contributed by atoms with van der Waals surface area (Å²) in [5.41, 5.74) is 3.79. The van der Waals surface area contributed by atoms with Gasteiger partial charge in [0.2, 0.25) is 5.91 Å². The van der Waals surface area contributed by atoms with Crippen molar-refractivity contribution in [2.45, 2.75) is 19.4 Å². The molecule has 29 heavy (non-hydrogen) atoms. The van der Waals surface area contributed by atoms with Crippen LogP contribution in [0.25, 0.3) is 0 Å². The Balaban J connectivity index is 1.24. The normalized spacial score (nSPS) is 22.6. The van der Waals surface area contributed by atoms with Crippen LogP contribution < -0.4 is 10.2 Å². The average Bonchev–Trinajstić information content (AvgIpc) is 3.15. The lowest BCUT2D eigenvalue weighted by Gasteiger charge is -2.36. The molecule has 1 aromatic heterocycles. The van der Waals surface area contributed by atoms with Gasteiger partial charge in [0.05, 0.1) is 25.8 Å². The molecule has 1 N–H and O–H groups in total. The predicted molar refractivity (Wildman–Crippen MR) is 114 cm³/mol. The maximum atomic E-state index is 12.6. The van der Waals surface area contributed by atoms with Crippen molar-refractivity contribution in [1.29, 1.82) is 0 Å². The Labute approximate surface area is 172 Å². The Kier molecular flexibility index (Phi) is 6.42. The topological polar surface area (TPSA) is 57.7 Å². The molecule has 4 rings (SSSR count). The summed E-state index contributed by atoms with van der Waals surface area (Å²) in [7, 11) is 0. The summed E-state index contributed by atoms with van der Waals surface area (Å²) in [5, 5.41) is 3.21. The fraction of sp³-hybridized carbons (Fsp3) is 0.478. The van der Waals surface area contributed by atoms with Crippen molar-refractivity contribution in [1.82, 2.24) is 15.2 Å². The number of carbonyl (C=O) groups is 1. The van der Waals surface area contributed by atoms with Crippen LogP contribution in [0.5, 0.6) is 0 Å². The molecule has 2 saturated heterocycles. The summed E-state index contributed by atoms with van der Waals surface area (Å²) >= 11 is 0. The predicted octanol–water partition coefficient (Wildman–Crippen LogP) is 1.89. The zero-order valence-electron chi connectivity index (χ0n) is 17.1. The van der Waals surface area contributed by atoms with Crippen molar-refractivity contribution in [3.05, 3.63) is 59.9 Å². The number of nitrogens with zero attached hydrogens (tertiary/aromatic N) is 3. The van der Waals surface area contributed by atoms with Crippen molar-refractivity contribution in [2.24, 2.45) is 5.92 Å². The van der Waals surface area contributed by atoms with Gasteiger partial charge >= 0.3 is 0 Å². The van der Waals surface area contributed by atoms with E-state index in [4.69, 9.17) is 4.74 Å². The number of hydrogen-bond acceptors (Lipinski definition) is 5. The number of anilines is 1. The van der Waals surface area contributed by atoms with Gasteiger partial charge in [0.15, 0.2) is 0 Å². The molecule has 0 radical (unpaired) electrons. The lowest BCUT2D eigenvalue weighted by Crippen LogP contribution is -2.51. The van der Waals surface area contributed by atoms with E-state index in [-0.39, 0.29) is 11.9 Å². The molecule has 0 saturated carbocycles. The molecule has 154 valence electrons. The van der Waals surface area contributed by atoms with Crippen molar-refractivity contribution in [2.75, 3.05) is 50.8 Å². The minimum Gasteiger partial charge on any atom is -0.379 e. The van der Waals surface area contributed by atoms with Gasteiger partial charge in [-0.3, -0.25) is 14.7 Å². The number of ether oxygens (including phenoxy) is 1. The Hall–Kier alpha value is -2.44. The van der Waals surface area contributed by atoms with Crippen LogP contribution in [0.3, 0.4) is 0 Å². The quantitative estimate of drug-likeness (QED) is 0.811. The Morgan fingerprint density at radius 3 is 2.69 bits per heavy atom. The maximum Gasteiger partial charge on any atom is 0.234 e. The first-order valence-corrected chi connectivity index (χ1v) is 10.5. The number of benzene rings is 1. The highest BCUT2D eigenvalue weighted by atomic mass is 16.5. The molecular formula is C23H30N4O2. The molecule has 3 heterocycles. The van der Waals surface area contributed by atoms with E-state index in [1.54, 1.807) is 0 Å². The number of amides is 1. The number of nitrogens with one attached hydrogen (secondary N) is 1. The van der Waals surface area contributed by atoms with Gasteiger partial charge in [-0.05, 0) is 48.7 Å². The first kappa shape index (κ1) is 19.9. The van der Waals surface area contributed by atoms with E-state index in [0.717, 1.165) is 32.6 Å². The fourth-order valence-corrected chi connectivity index (χ4v) is 4.23. The number of rotatable bonds is 6. The summed E-state index contributed by atoms with van der Waals surface area (Å²) in [6.07, 6.45) is 4.53. The van der Waals surface area contributed by atoms with Crippen LogP contribution >= 0.6 is 0 Å². The van der Waals surface area contributed by atoms with Crippen molar-refractivity contribution >= 4 is 11.6 Å². The van der Waals surface area contributed by atoms with Gasteiger partial charge in [0.1, 0.15) is 0 Å². The Morgan fingerprint density at radius 1 is 1.14 bits per heavy atom. The molecule has 2 aliphatic heterocycles. The van der Waals surface area contributed by atoms with Crippen molar-refractivity contribution < 1.29 is 9.53 Å². The van der Waals surface area contributed by atoms with E-state index in [0.29, 0.717) is 25.7 Å². The van der Waals surface area contributed by atoms with E-state index in [9.17, 15) is 4.79 Å². The lowest BCUT2D eigenvalue weighted by atomic mass is 9.95. The number of carbonyl (C=O) groups excluding carboxylic acids is 1. The summed E-state index contributed by atoms with van der Waals surface area (Å²) in [5.74, 6) is 0.420. The molecule has 1 amide bonds. The smallest absolute Gasteiger partial charge is 0.234 e. The molecule has 1 aromatic carbocycles. The lowest BCUT2D eigenvalue weighted by molar-refractivity contribution is -0.123. The first-order valence-electron chi connectivity index (χ1n) is 10.5. The molecular weight excluding hydrogens is 364 g/mol. The highest BCUT2D eigenvalue weighted by molar-refractivity contribution is 5.78. The van der Waals surface area contributed by atoms with Gasteiger partial charge in [0.25, 0.3) is 0 Å². The third-order valence-corrected chi connectivity index (χ3v) is 5.90. The van der Waals surface area contributed by atoms with Crippen LogP contribution in [-0.4, -0.2) is 67.8 Å². The first-order chi connectivity index (χ1) is 14.2. The van der Waals surface area contributed by atoms with Gasteiger partial charge < -0.3 is 15.0 Å². The van der Waals surface area contributed by atoms with Crippen LogP contribution in [0.1, 0.15) is 11.1 Å². The zero-order valence-corrected chi connectivity index (χ0v) is 17.1. The summed E-state index contributed by atoms with van der Waals surface area (Å²) in [6.45, 7) is 7.60. The number of aryl methyl sites for hydroxylation is 1. The molecule has 2 aliphatic rings. The molecule has 0 unspecified atom stereocenters. The van der Waals surface area contributed by atoms with Gasteiger partial charge in [-0.2, -0.15) is 0 Å². The molecule has 0 aliphatic carbocycles. The van der Waals surface area contributed by atoms with E-state index in [2.05, 4.69) is 51.3 Å². The zero-order chi connectivity index (χ0) is 20.1.